The summed E-state index contributed by atoms with van der Waals surface area (Å²) < 4.78 is 0.765. The molecule has 0 aliphatic rings. The van der Waals surface area contributed by atoms with Gasteiger partial charge in [0.05, 0.1) is 5.56 Å². The van der Waals surface area contributed by atoms with Gasteiger partial charge < -0.3 is 0 Å². The molecule has 2 aromatic heterocycles. The molecule has 64 valence electrons. The Hall–Kier alpha value is -1.29. The molecule has 0 fully saturated rings. The minimum Gasteiger partial charge on any atom is -0.249 e. The summed E-state index contributed by atoms with van der Waals surface area (Å²) >= 11 is 3.34. The van der Waals surface area contributed by atoms with Gasteiger partial charge in [0.25, 0.3) is 0 Å². The van der Waals surface area contributed by atoms with E-state index in [2.05, 4.69) is 30.9 Å². The van der Waals surface area contributed by atoms with E-state index in [4.69, 9.17) is 0 Å². The number of pyridine rings is 1. The monoisotopic (exact) mass is 235 g/mol. The van der Waals surface area contributed by atoms with Crippen LogP contribution < -0.4 is 0 Å². The summed E-state index contributed by atoms with van der Waals surface area (Å²) in [6, 6.07) is 5.57. The van der Waals surface area contributed by atoms with Crippen LogP contribution in [0.5, 0.6) is 0 Å². The Kier molecular flexibility index (Phi) is 2.31. The van der Waals surface area contributed by atoms with Gasteiger partial charge in [-0.3, -0.25) is 0 Å². The molecule has 0 atom stereocenters. The highest BCUT2D eigenvalue weighted by Crippen LogP contribution is 2.21. The quantitative estimate of drug-likeness (QED) is 0.713. The van der Waals surface area contributed by atoms with Crippen molar-refractivity contribution in [2.45, 2.75) is 0 Å². The van der Waals surface area contributed by atoms with E-state index in [-0.39, 0.29) is 0 Å². The van der Waals surface area contributed by atoms with E-state index in [1.54, 1.807) is 24.7 Å². The zero-order valence-corrected chi connectivity index (χ0v) is 8.27. The first-order chi connectivity index (χ1) is 6.38. The third-order valence-corrected chi connectivity index (χ3v) is 2.20. The highest BCUT2D eigenvalue weighted by molar-refractivity contribution is 9.10. The van der Waals surface area contributed by atoms with Gasteiger partial charge in [0.15, 0.2) is 5.82 Å². The van der Waals surface area contributed by atoms with Crippen LogP contribution in [-0.4, -0.2) is 15.0 Å². The molecule has 0 aromatic carbocycles. The molecule has 0 spiro atoms. The van der Waals surface area contributed by atoms with Gasteiger partial charge in [0.1, 0.15) is 4.60 Å². The predicted octanol–water partition coefficient (Wildman–Crippen LogP) is 2.30. The Labute approximate surface area is 84.0 Å². The van der Waals surface area contributed by atoms with Gasteiger partial charge in [0, 0.05) is 18.6 Å². The van der Waals surface area contributed by atoms with Crippen LogP contribution in [0.3, 0.4) is 0 Å². The van der Waals surface area contributed by atoms with Crippen molar-refractivity contribution in [2.24, 2.45) is 0 Å². The molecule has 0 radical (unpaired) electrons. The SMILES string of the molecule is Brc1ncccc1-c1ncccn1. The van der Waals surface area contributed by atoms with Crippen LogP contribution in [0.25, 0.3) is 11.4 Å². The summed E-state index contributed by atoms with van der Waals surface area (Å²) in [6.07, 6.45) is 5.14. The Bertz CT molecular complexity index is 403. The minimum atomic E-state index is 0.683. The highest BCUT2D eigenvalue weighted by Gasteiger charge is 2.03. The Balaban J connectivity index is 2.54. The molecule has 0 aliphatic carbocycles. The molecule has 3 nitrogen and oxygen atoms in total. The molecule has 13 heavy (non-hydrogen) atoms. The van der Waals surface area contributed by atoms with Crippen molar-refractivity contribution >= 4 is 15.9 Å². The third-order valence-electron chi connectivity index (χ3n) is 1.57. The molecule has 2 heterocycles. The van der Waals surface area contributed by atoms with Crippen LogP contribution >= 0.6 is 15.9 Å². The van der Waals surface area contributed by atoms with Crippen molar-refractivity contribution in [2.75, 3.05) is 0 Å². The number of hydrogen-bond donors (Lipinski definition) is 0. The average Bonchev–Trinajstić information content (AvgIpc) is 2.20. The van der Waals surface area contributed by atoms with Crippen LogP contribution in [0.4, 0.5) is 0 Å². The maximum Gasteiger partial charge on any atom is 0.161 e. The molecule has 0 aliphatic heterocycles. The van der Waals surface area contributed by atoms with Gasteiger partial charge in [-0.1, -0.05) is 0 Å². The standard InChI is InChI=1S/C9H6BrN3/c10-8-7(3-1-4-11-8)9-12-5-2-6-13-9/h1-6H. The fourth-order valence-corrected chi connectivity index (χ4v) is 1.42. The van der Waals surface area contributed by atoms with Crippen LogP contribution in [0, 0.1) is 0 Å². The van der Waals surface area contributed by atoms with Gasteiger partial charge in [-0.25, -0.2) is 15.0 Å². The van der Waals surface area contributed by atoms with Crippen LogP contribution in [0.15, 0.2) is 41.4 Å². The first kappa shape index (κ1) is 8.31. The van der Waals surface area contributed by atoms with E-state index >= 15 is 0 Å². The number of hydrogen-bond acceptors (Lipinski definition) is 3. The van der Waals surface area contributed by atoms with Crippen LogP contribution in [0.1, 0.15) is 0 Å². The summed E-state index contributed by atoms with van der Waals surface area (Å²) in [7, 11) is 0. The van der Waals surface area contributed by atoms with Gasteiger partial charge in [0.2, 0.25) is 0 Å². The Morgan fingerprint density at radius 2 is 1.62 bits per heavy atom. The lowest BCUT2D eigenvalue weighted by molar-refractivity contribution is 1.15. The smallest absolute Gasteiger partial charge is 0.161 e. The van der Waals surface area contributed by atoms with E-state index in [1.165, 1.54) is 0 Å². The van der Waals surface area contributed by atoms with E-state index in [9.17, 15) is 0 Å². The van der Waals surface area contributed by atoms with Crippen molar-refractivity contribution in [3.05, 3.63) is 41.4 Å². The normalized spacial score (nSPS) is 9.92. The van der Waals surface area contributed by atoms with Crippen molar-refractivity contribution in [1.82, 2.24) is 15.0 Å². The number of rotatable bonds is 1. The Morgan fingerprint density at radius 1 is 0.923 bits per heavy atom. The molecule has 2 aromatic rings. The third kappa shape index (κ3) is 1.72. The molecule has 0 saturated heterocycles. The molecule has 2 rings (SSSR count). The maximum absolute atomic E-state index is 4.13. The summed E-state index contributed by atoms with van der Waals surface area (Å²) in [5, 5.41) is 0. The fraction of sp³-hybridized carbons (Fsp3) is 0. The summed E-state index contributed by atoms with van der Waals surface area (Å²) in [4.78, 5) is 12.3. The average molecular weight is 236 g/mol. The zero-order valence-electron chi connectivity index (χ0n) is 6.68. The van der Waals surface area contributed by atoms with E-state index < -0.39 is 0 Å². The lowest BCUT2D eigenvalue weighted by Gasteiger charge is -1.99. The molecule has 0 saturated carbocycles. The van der Waals surface area contributed by atoms with E-state index in [0.29, 0.717) is 5.82 Å². The second-order valence-electron chi connectivity index (χ2n) is 2.41. The summed E-state index contributed by atoms with van der Waals surface area (Å²) in [5.41, 5.74) is 0.906. The molecular formula is C9H6BrN3. The van der Waals surface area contributed by atoms with Crippen molar-refractivity contribution in [3.63, 3.8) is 0 Å². The molecule has 0 bridgehead atoms. The summed E-state index contributed by atoms with van der Waals surface area (Å²) in [5.74, 6) is 0.683. The van der Waals surface area contributed by atoms with Crippen molar-refractivity contribution < 1.29 is 0 Å². The van der Waals surface area contributed by atoms with E-state index in [0.717, 1.165) is 10.2 Å². The first-order valence-electron chi connectivity index (χ1n) is 3.76. The molecule has 0 amide bonds. The zero-order chi connectivity index (χ0) is 9.10. The van der Waals surface area contributed by atoms with Crippen molar-refractivity contribution in [3.8, 4) is 11.4 Å². The minimum absolute atomic E-state index is 0.683. The number of nitrogens with zero attached hydrogens (tertiary/aromatic N) is 3. The lowest BCUT2D eigenvalue weighted by Crippen LogP contribution is -1.88. The lowest BCUT2D eigenvalue weighted by atomic mass is 10.3. The maximum atomic E-state index is 4.13. The molecule has 0 N–H and O–H groups in total. The van der Waals surface area contributed by atoms with Crippen LogP contribution in [-0.2, 0) is 0 Å². The van der Waals surface area contributed by atoms with Crippen molar-refractivity contribution in [1.29, 1.82) is 0 Å². The van der Waals surface area contributed by atoms with Gasteiger partial charge in [-0.15, -0.1) is 0 Å². The highest BCUT2D eigenvalue weighted by atomic mass is 79.9. The second-order valence-corrected chi connectivity index (χ2v) is 3.17. The Morgan fingerprint density at radius 3 is 2.31 bits per heavy atom. The van der Waals surface area contributed by atoms with Gasteiger partial charge >= 0.3 is 0 Å². The fourth-order valence-electron chi connectivity index (χ4n) is 0.991. The first-order valence-corrected chi connectivity index (χ1v) is 4.55. The van der Waals surface area contributed by atoms with E-state index in [1.807, 2.05) is 12.1 Å². The number of halogens is 1. The summed E-state index contributed by atoms with van der Waals surface area (Å²) in [6.45, 7) is 0. The van der Waals surface area contributed by atoms with Gasteiger partial charge in [-0.2, -0.15) is 0 Å². The van der Waals surface area contributed by atoms with Gasteiger partial charge in [-0.05, 0) is 34.1 Å². The predicted molar refractivity (Wildman–Crippen MR) is 53.0 cm³/mol. The molecular weight excluding hydrogens is 230 g/mol. The largest absolute Gasteiger partial charge is 0.249 e. The van der Waals surface area contributed by atoms with Crippen LogP contribution in [0.2, 0.25) is 0 Å². The number of aromatic nitrogens is 3. The molecule has 4 heteroatoms. The molecule has 0 unspecified atom stereocenters. The second kappa shape index (κ2) is 3.62. The topological polar surface area (TPSA) is 38.7 Å².